The Morgan fingerprint density at radius 2 is 0.966 bits per heavy atom. The normalized spacial score (nSPS) is 13.1. The van der Waals surface area contributed by atoms with Gasteiger partial charge in [-0.2, -0.15) is 0 Å². The Labute approximate surface area is 342 Å². The Morgan fingerprint density at radius 3 is 1.66 bits per heavy atom. The lowest BCUT2D eigenvalue weighted by molar-refractivity contribution is 0.923. The van der Waals surface area contributed by atoms with Crippen LogP contribution in [-0.2, 0) is 12.8 Å². The van der Waals surface area contributed by atoms with Crippen molar-refractivity contribution < 1.29 is 0 Å². The molecule has 11 rings (SSSR count). The zero-order valence-electron chi connectivity index (χ0n) is 34.2. The molecule has 0 atom stereocenters. The van der Waals surface area contributed by atoms with Crippen molar-refractivity contribution in [3.8, 4) is 0 Å². The third kappa shape index (κ3) is 5.33. The second-order valence-corrected chi connectivity index (χ2v) is 16.9. The van der Waals surface area contributed by atoms with Gasteiger partial charge in [-0.25, -0.2) is 0 Å². The van der Waals surface area contributed by atoms with E-state index >= 15 is 0 Å². The van der Waals surface area contributed by atoms with E-state index in [9.17, 15) is 0 Å². The minimum atomic E-state index is 0.0309. The van der Waals surface area contributed by atoms with E-state index in [1.807, 2.05) is 0 Å². The molecule has 0 unspecified atom stereocenters. The van der Waals surface area contributed by atoms with Gasteiger partial charge in [0.15, 0.2) is 0 Å². The van der Waals surface area contributed by atoms with Crippen molar-refractivity contribution in [3.63, 3.8) is 0 Å². The van der Waals surface area contributed by atoms with Crippen LogP contribution >= 0.6 is 0 Å². The van der Waals surface area contributed by atoms with Crippen molar-refractivity contribution >= 4 is 100 Å². The molecule has 2 aliphatic rings. The third-order valence-electron chi connectivity index (χ3n) is 13.0. The smallest absolute Gasteiger partial charge is 0.248 e. The maximum Gasteiger partial charge on any atom is 0.248 e. The highest BCUT2D eigenvalue weighted by atomic mass is 15.3. The van der Waals surface area contributed by atoms with E-state index < -0.39 is 0 Å². The molecule has 0 bridgehead atoms. The zero-order valence-corrected chi connectivity index (χ0v) is 34.2. The first kappa shape index (κ1) is 34.9. The zero-order chi connectivity index (χ0) is 39.2. The summed E-state index contributed by atoms with van der Waals surface area (Å²) in [6, 6.07) is 56.4. The first-order valence-corrected chi connectivity index (χ1v) is 21.2. The summed E-state index contributed by atoms with van der Waals surface area (Å²) < 4.78 is 0. The number of benzene rings is 9. The first-order valence-electron chi connectivity index (χ1n) is 21.2. The van der Waals surface area contributed by atoms with Crippen molar-refractivity contribution in [2.45, 2.75) is 60.3 Å². The summed E-state index contributed by atoms with van der Waals surface area (Å²) in [6.07, 6.45) is 4.46. The van der Waals surface area contributed by atoms with E-state index in [2.05, 4.69) is 190 Å². The molecule has 0 N–H and O–H groups in total. The maximum atomic E-state index is 2.64. The molecule has 2 nitrogen and oxygen atoms in total. The van der Waals surface area contributed by atoms with Gasteiger partial charge >= 0.3 is 0 Å². The predicted octanol–water partition coefficient (Wildman–Crippen LogP) is 13.2. The van der Waals surface area contributed by atoms with E-state index in [-0.39, 0.29) is 6.71 Å². The van der Waals surface area contributed by atoms with Crippen LogP contribution in [0.2, 0.25) is 0 Å². The van der Waals surface area contributed by atoms with Crippen LogP contribution in [0.1, 0.15) is 54.5 Å². The lowest BCUT2D eigenvalue weighted by atomic mass is 9.33. The number of fused-ring (bicyclic) bond motifs is 9. The van der Waals surface area contributed by atoms with Crippen LogP contribution in [0.5, 0.6) is 0 Å². The molecule has 280 valence electrons. The molecule has 2 heterocycles. The average Bonchev–Trinajstić information content (AvgIpc) is 3.22. The van der Waals surface area contributed by atoms with Crippen LogP contribution in [0, 0.1) is 20.8 Å². The fourth-order valence-corrected chi connectivity index (χ4v) is 10.6. The summed E-state index contributed by atoms with van der Waals surface area (Å²) in [5.41, 5.74) is 18.3. The second kappa shape index (κ2) is 13.4. The van der Waals surface area contributed by atoms with Crippen molar-refractivity contribution in [2.75, 3.05) is 9.80 Å². The molecule has 2 aliphatic heterocycles. The Hall–Kier alpha value is -6.32. The van der Waals surface area contributed by atoms with Crippen molar-refractivity contribution in [3.05, 3.63) is 173 Å². The molecular weight excluding hydrogens is 699 g/mol. The largest absolute Gasteiger partial charge is 0.307 e. The molecule has 0 amide bonds. The van der Waals surface area contributed by atoms with E-state index in [4.69, 9.17) is 0 Å². The Bertz CT molecular complexity index is 3130. The molecule has 0 saturated heterocycles. The number of hydrogen-bond donors (Lipinski definition) is 0. The number of anilines is 6. The summed E-state index contributed by atoms with van der Waals surface area (Å²) in [7, 11) is 0. The SMILES string of the molecule is CCCc1ccc2cc(N3c4cc5ccccc5cc4N4c5cc6ccc(CCC)cc6cc5B(c5c(C)cc(C)cc5C)c5c4c3cc3ccccc53)ccc2c1. The second-order valence-electron chi connectivity index (χ2n) is 16.9. The van der Waals surface area contributed by atoms with Gasteiger partial charge in [0.05, 0.1) is 22.7 Å². The lowest BCUT2D eigenvalue weighted by Gasteiger charge is -2.46. The Morgan fingerprint density at radius 1 is 0.431 bits per heavy atom. The lowest BCUT2D eigenvalue weighted by Crippen LogP contribution is -2.59. The number of aryl methyl sites for hydroxylation is 5. The molecule has 0 aromatic heterocycles. The van der Waals surface area contributed by atoms with Crippen LogP contribution in [0.3, 0.4) is 0 Å². The summed E-state index contributed by atoms with van der Waals surface area (Å²) in [4.78, 5) is 5.20. The van der Waals surface area contributed by atoms with Crippen molar-refractivity contribution in [1.29, 1.82) is 0 Å². The first-order chi connectivity index (χ1) is 28.4. The Kier molecular flexibility index (Phi) is 8.05. The molecule has 3 heteroatoms. The third-order valence-corrected chi connectivity index (χ3v) is 13.0. The summed E-state index contributed by atoms with van der Waals surface area (Å²) in [5, 5.41) is 10.2. The highest BCUT2D eigenvalue weighted by Gasteiger charge is 2.44. The maximum absolute atomic E-state index is 2.64. The van der Waals surface area contributed by atoms with E-state index in [0.717, 1.165) is 25.7 Å². The van der Waals surface area contributed by atoms with Gasteiger partial charge in [0.25, 0.3) is 0 Å². The highest BCUT2D eigenvalue weighted by molar-refractivity contribution is 7.00. The monoisotopic (exact) mass is 746 g/mol. The number of nitrogens with zero attached hydrogens (tertiary/aromatic N) is 2. The molecule has 9 aromatic rings. The van der Waals surface area contributed by atoms with E-state index in [1.54, 1.807) is 0 Å². The fraction of sp³-hybridized carbons (Fsp3) is 0.164. The van der Waals surface area contributed by atoms with Crippen LogP contribution in [-0.4, -0.2) is 6.71 Å². The summed E-state index contributed by atoms with van der Waals surface area (Å²) >= 11 is 0. The van der Waals surface area contributed by atoms with Gasteiger partial charge in [0, 0.05) is 11.4 Å². The summed E-state index contributed by atoms with van der Waals surface area (Å²) in [5.74, 6) is 0. The molecule has 0 spiro atoms. The highest BCUT2D eigenvalue weighted by Crippen LogP contribution is 2.57. The van der Waals surface area contributed by atoms with Crippen LogP contribution in [0.15, 0.2) is 146 Å². The van der Waals surface area contributed by atoms with E-state index in [1.165, 1.54) is 121 Å². The molecule has 0 aliphatic carbocycles. The average molecular weight is 747 g/mol. The van der Waals surface area contributed by atoms with Gasteiger partial charge in [-0.3, -0.25) is 0 Å². The van der Waals surface area contributed by atoms with Gasteiger partial charge in [0.1, 0.15) is 0 Å². The quantitative estimate of drug-likeness (QED) is 0.156. The van der Waals surface area contributed by atoms with Crippen LogP contribution in [0.4, 0.5) is 34.1 Å². The molecular formula is C55H47BN2. The molecule has 0 saturated carbocycles. The van der Waals surface area contributed by atoms with E-state index in [0.29, 0.717) is 0 Å². The van der Waals surface area contributed by atoms with Gasteiger partial charge < -0.3 is 9.80 Å². The minimum absolute atomic E-state index is 0.0309. The van der Waals surface area contributed by atoms with Crippen molar-refractivity contribution in [2.24, 2.45) is 0 Å². The van der Waals surface area contributed by atoms with Crippen molar-refractivity contribution in [1.82, 2.24) is 0 Å². The molecule has 0 fully saturated rings. The predicted molar refractivity (Wildman–Crippen MR) is 253 cm³/mol. The topological polar surface area (TPSA) is 6.48 Å². The standard InChI is InChI=1S/C55H47BN2/c1-6-12-37-18-20-42-28-46(23-22-41(42)26-37)57-50-31-39-14-8-9-15-40(39)32-51(50)58-49-30-43-21-19-38(13-7-2)27-45(43)29-48(49)56(53-35(4)24-34(3)25-36(53)5)54-47-17-11-10-16-44(47)33-52(57)55(54)58/h8-11,14-33H,6-7,12-13H2,1-5H3. The molecule has 0 radical (unpaired) electrons. The van der Waals surface area contributed by atoms with Crippen LogP contribution in [0.25, 0.3) is 43.1 Å². The number of hydrogen-bond acceptors (Lipinski definition) is 2. The molecule has 58 heavy (non-hydrogen) atoms. The van der Waals surface area contributed by atoms with Gasteiger partial charge in [-0.1, -0.05) is 158 Å². The molecule has 9 aromatic carbocycles. The number of rotatable bonds is 6. The van der Waals surface area contributed by atoms with Gasteiger partial charge in [-0.15, -0.1) is 0 Å². The summed E-state index contributed by atoms with van der Waals surface area (Å²) in [6.45, 7) is 11.5. The Balaban J connectivity index is 1.29. The fourth-order valence-electron chi connectivity index (χ4n) is 10.6. The minimum Gasteiger partial charge on any atom is -0.307 e. The van der Waals surface area contributed by atoms with Gasteiger partial charge in [0.2, 0.25) is 6.71 Å². The van der Waals surface area contributed by atoms with Gasteiger partial charge in [-0.05, 0) is 135 Å². The van der Waals surface area contributed by atoms with Crippen LogP contribution < -0.4 is 26.2 Å².